The van der Waals surface area contributed by atoms with Gasteiger partial charge in [0.1, 0.15) is 11.4 Å². The number of aromatic nitrogens is 2. The van der Waals surface area contributed by atoms with Crippen molar-refractivity contribution in [3.63, 3.8) is 0 Å². The van der Waals surface area contributed by atoms with Crippen LogP contribution in [0.4, 0.5) is 17.3 Å². The van der Waals surface area contributed by atoms with Crippen molar-refractivity contribution in [2.24, 2.45) is 0 Å². The molecule has 1 amide bonds. The number of carbonyl (C=O) groups is 1. The highest BCUT2D eigenvalue weighted by molar-refractivity contribution is 6.03. The Balaban J connectivity index is 1.82. The number of benzene rings is 2. The lowest BCUT2D eigenvalue weighted by Gasteiger charge is -2.11. The zero-order valence-electron chi connectivity index (χ0n) is 14.9. The van der Waals surface area contributed by atoms with E-state index >= 15 is 0 Å². The molecule has 6 heteroatoms. The largest absolute Gasteiger partial charge is 0.495 e. The summed E-state index contributed by atoms with van der Waals surface area (Å²) in [6.45, 7) is 3.84. The van der Waals surface area contributed by atoms with Crippen LogP contribution in [0.5, 0.6) is 5.75 Å². The Hall–Kier alpha value is -3.41. The fraction of sp³-hybridized carbons (Fsp3) is 0.150. The van der Waals surface area contributed by atoms with Gasteiger partial charge in [-0.05, 0) is 44.2 Å². The van der Waals surface area contributed by atoms with Crippen molar-refractivity contribution in [3.05, 3.63) is 71.5 Å². The van der Waals surface area contributed by atoms with Gasteiger partial charge in [0.05, 0.1) is 12.8 Å². The minimum atomic E-state index is -0.327. The average molecular weight is 348 g/mol. The number of hydrogen-bond acceptors (Lipinski definition) is 5. The topological polar surface area (TPSA) is 76.1 Å². The van der Waals surface area contributed by atoms with Crippen molar-refractivity contribution >= 4 is 23.2 Å². The van der Waals surface area contributed by atoms with E-state index in [1.165, 1.54) is 0 Å². The third-order valence-corrected chi connectivity index (χ3v) is 3.75. The second kappa shape index (κ2) is 7.65. The fourth-order valence-corrected chi connectivity index (χ4v) is 2.44. The van der Waals surface area contributed by atoms with Crippen LogP contribution in [0.1, 0.15) is 21.7 Å². The van der Waals surface area contributed by atoms with Gasteiger partial charge in [0.15, 0.2) is 0 Å². The maximum absolute atomic E-state index is 12.6. The van der Waals surface area contributed by atoms with Crippen LogP contribution in [0.15, 0.2) is 54.6 Å². The molecular formula is C20H20N4O2. The Morgan fingerprint density at radius 2 is 1.73 bits per heavy atom. The Morgan fingerprint density at radius 1 is 1.00 bits per heavy atom. The molecule has 0 saturated heterocycles. The van der Waals surface area contributed by atoms with E-state index in [4.69, 9.17) is 4.74 Å². The minimum absolute atomic E-state index is 0.276. The van der Waals surface area contributed by atoms with Gasteiger partial charge in [-0.2, -0.15) is 0 Å². The molecule has 0 spiro atoms. The highest BCUT2D eigenvalue weighted by Gasteiger charge is 2.13. The lowest BCUT2D eigenvalue weighted by atomic mass is 10.2. The maximum atomic E-state index is 12.6. The number of para-hydroxylation sites is 2. The van der Waals surface area contributed by atoms with Gasteiger partial charge in [0, 0.05) is 11.4 Å². The molecule has 0 aliphatic rings. The highest BCUT2D eigenvalue weighted by Crippen LogP contribution is 2.23. The Morgan fingerprint density at radius 3 is 2.46 bits per heavy atom. The molecule has 2 aromatic carbocycles. The van der Waals surface area contributed by atoms with E-state index in [9.17, 15) is 4.79 Å². The van der Waals surface area contributed by atoms with Crippen LogP contribution in [0.25, 0.3) is 0 Å². The molecule has 1 aromatic heterocycles. The van der Waals surface area contributed by atoms with Crippen molar-refractivity contribution in [2.45, 2.75) is 13.8 Å². The lowest BCUT2D eigenvalue weighted by molar-refractivity contribution is 0.102. The number of anilines is 3. The number of ether oxygens (including phenoxy) is 1. The van der Waals surface area contributed by atoms with E-state index in [0.717, 1.165) is 11.3 Å². The molecule has 1 heterocycles. The summed E-state index contributed by atoms with van der Waals surface area (Å²) in [5, 5.41) is 5.95. The van der Waals surface area contributed by atoms with Gasteiger partial charge in [-0.25, -0.2) is 9.97 Å². The smallest absolute Gasteiger partial charge is 0.274 e. The first-order valence-corrected chi connectivity index (χ1v) is 8.19. The van der Waals surface area contributed by atoms with E-state index in [-0.39, 0.29) is 11.6 Å². The predicted molar refractivity (Wildman–Crippen MR) is 102 cm³/mol. The summed E-state index contributed by atoms with van der Waals surface area (Å²) in [5.74, 6) is 0.635. The van der Waals surface area contributed by atoms with E-state index in [0.29, 0.717) is 23.1 Å². The summed E-state index contributed by atoms with van der Waals surface area (Å²) in [4.78, 5) is 21.3. The van der Waals surface area contributed by atoms with Gasteiger partial charge in [-0.1, -0.05) is 29.8 Å². The monoisotopic (exact) mass is 348 g/mol. The molecule has 132 valence electrons. The highest BCUT2D eigenvalue weighted by atomic mass is 16.5. The van der Waals surface area contributed by atoms with Crippen LogP contribution >= 0.6 is 0 Å². The molecule has 0 unspecified atom stereocenters. The molecule has 0 saturated carbocycles. The van der Waals surface area contributed by atoms with E-state index < -0.39 is 0 Å². The lowest BCUT2D eigenvalue weighted by Crippen LogP contribution is -2.16. The normalized spacial score (nSPS) is 10.3. The summed E-state index contributed by atoms with van der Waals surface area (Å²) in [6.07, 6.45) is 0. The van der Waals surface area contributed by atoms with Crippen molar-refractivity contribution in [1.29, 1.82) is 0 Å². The summed E-state index contributed by atoms with van der Waals surface area (Å²) in [6, 6.07) is 16.7. The average Bonchev–Trinajstić information content (AvgIpc) is 2.63. The van der Waals surface area contributed by atoms with Crippen molar-refractivity contribution in [3.8, 4) is 5.75 Å². The van der Waals surface area contributed by atoms with Crippen LogP contribution in [0, 0.1) is 13.8 Å². The number of amides is 1. The van der Waals surface area contributed by atoms with Crippen molar-refractivity contribution in [2.75, 3.05) is 17.7 Å². The molecular weight excluding hydrogens is 328 g/mol. The Bertz CT molecular complexity index is 923. The SMILES string of the molecule is COc1ccccc1NC(=O)c1cc(C)nc(Nc2ccc(C)cc2)n1. The molecule has 0 fully saturated rings. The number of carbonyl (C=O) groups excluding carboxylic acids is 1. The molecule has 0 radical (unpaired) electrons. The van der Waals surface area contributed by atoms with Gasteiger partial charge in [-0.3, -0.25) is 4.79 Å². The standard InChI is InChI=1S/C20H20N4O2/c1-13-8-10-15(11-9-13)22-20-21-14(2)12-17(24-20)19(25)23-16-6-4-5-7-18(16)26-3/h4-12H,1-3H3,(H,23,25)(H,21,22,24). The van der Waals surface area contributed by atoms with Crippen LogP contribution in [0.3, 0.4) is 0 Å². The number of rotatable bonds is 5. The molecule has 0 aliphatic carbocycles. The molecule has 2 N–H and O–H groups in total. The van der Waals surface area contributed by atoms with Crippen LogP contribution in [0.2, 0.25) is 0 Å². The molecule has 0 bridgehead atoms. The van der Waals surface area contributed by atoms with Crippen molar-refractivity contribution in [1.82, 2.24) is 9.97 Å². The van der Waals surface area contributed by atoms with Crippen molar-refractivity contribution < 1.29 is 9.53 Å². The first-order chi connectivity index (χ1) is 12.5. The van der Waals surface area contributed by atoms with E-state index in [1.807, 2.05) is 50.2 Å². The van der Waals surface area contributed by atoms with Gasteiger partial charge in [-0.15, -0.1) is 0 Å². The first kappa shape index (κ1) is 17.4. The molecule has 0 atom stereocenters. The van der Waals surface area contributed by atoms with Gasteiger partial charge < -0.3 is 15.4 Å². The quantitative estimate of drug-likeness (QED) is 0.726. The third kappa shape index (κ3) is 4.16. The fourth-order valence-electron chi connectivity index (χ4n) is 2.44. The Kier molecular flexibility index (Phi) is 5.12. The van der Waals surface area contributed by atoms with Gasteiger partial charge in [0.25, 0.3) is 5.91 Å². The molecule has 6 nitrogen and oxygen atoms in total. The third-order valence-electron chi connectivity index (χ3n) is 3.75. The maximum Gasteiger partial charge on any atom is 0.274 e. The van der Waals surface area contributed by atoms with Crippen LogP contribution < -0.4 is 15.4 Å². The second-order valence-corrected chi connectivity index (χ2v) is 5.86. The number of aryl methyl sites for hydroxylation is 2. The molecule has 26 heavy (non-hydrogen) atoms. The Labute approximate surface area is 152 Å². The van der Waals surface area contributed by atoms with Gasteiger partial charge in [0.2, 0.25) is 5.95 Å². The number of nitrogens with zero attached hydrogens (tertiary/aromatic N) is 2. The molecule has 3 aromatic rings. The van der Waals surface area contributed by atoms with E-state index in [2.05, 4.69) is 20.6 Å². The predicted octanol–water partition coefficient (Wildman–Crippen LogP) is 4.10. The van der Waals surface area contributed by atoms with Gasteiger partial charge >= 0.3 is 0 Å². The second-order valence-electron chi connectivity index (χ2n) is 5.86. The van der Waals surface area contributed by atoms with Crippen LogP contribution in [-0.4, -0.2) is 23.0 Å². The summed E-state index contributed by atoms with van der Waals surface area (Å²) in [7, 11) is 1.56. The number of methoxy groups -OCH3 is 1. The number of hydrogen-bond donors (Lipinski definition) is 2. The summed E-state index contributed by atoms with van der Waals surface area (Å²) >= 11 is 0. The minimum Gasteiger partial charge on any atom is -0.495 e. The first-order valence-electron chi connectivity index (χ1n) is 8.19. The zero-order valence-corrected chi connectivity index (χ0v) is 14.9. The molecule has 3 rings (SSSR count). The van der Waals surface area contributed by atoms with E-state index in [1.54, 1.807) is 25.3 Å². The molecule has 0 aliphatic heterocycles. The zero-order chi connectivity index (χ0) is 18.5. The summed E-state index contributed by atoms with van der Waals surface area (Å²) < 4.78 is 5.26. The number of nitrogens with one attached hydrogen (secondary N) is 2. The van der Waals surface area contributed by atoms with Crippen LogP contribution in [-0.2, 0) is 0 Å². The summed E-state index contributed by atoms with van der Waals surface area (Å²) in [5.41, 5.74) is 3.58.